The Hall–Kier alpha value is -2.33. The van der Waals surface area contributed by atoms with Gasteiger partial charge in [0.2, 0.25) is 5.91 Å². The van der Waals surface area contributed by atoms with Crippen molar-refractivity contribution in [3.8, 4) is 6.07 Å². The van der Waals surface area contributed by atoms with E-state index in [0.29, 0.717) is 6.54 Å². The number of anilines is 1. The molecule has 0 saturated carbocycles. The lowest BCUT2D eigenvalue weighted by Gasteiger charge is -2.33. The molecule has 0 saturated heterocycles. The average molecular weight is 361 g/mol. The fourth-order valence-corrected chi connectivity index (χ4v) is 2.90. The summed E-state index contributed by atoms with van der Waals surface area (Å²) in [5.74, 6) is 0.859. The summed E-state index contributed by atoms with van der Waals surface area (Å²) < 4.78 is 0. The Balaban J connectivity index is 2.76. The van der Waals surface area contributed by atoms with Crippen LogP contribution >= 0.6 is 0 Å². The standard InChI is InChI=1S/C19H32N6O/c1-5-7-12-25(18(26)8-10-20)16(3)13-24(6-2)14-17-9-11-22-19(17)23-15-21-4/h9,11,15-16,22H,5-8,12-14H2,1-4H3,(H,21,23). The molecule has 1 heterocycles. The van der Waals surface area contributed by atoms with Crippen molar-refractivity contribution < 1.29 is 4.79 Å². The van der Waals surface area contributed by atoms with E-state index in [0.717, 1.165) is 43.9 Å². The molecular formula is C19H32N6O. The van der Waals surface area contributed by atoms with Gasteiger partial charge in [0.15, 0.2) is 0 Å². The molecule has 0 aliphatic heterocycles. The van der Waals surface area contributed by atoms with Crippen LogP contribution in [0.3, 0.4) is 0 Å². The molecule has 0 fully saturated rings. The molecule has 1 atom stereocenters. The monoisotopic (exact) mass is 360 g/mol. The topological polar surface area (TPSA) is 87.5 Å². The van der Waals surface area contributed by atoms with Crippen LogP contribution in [0, 0.1) is 11.3 Å². The van der Waals surface area contributed by atoms with Gasteiger partial charge < -0.3 is 15.2 Å². The highest BCUT2D eigenvalue weighted by Crippen LogP contribution is 2.16. The van der Waals surface area contributed by atoms with Crippen molar-refractivity contribution >= 4 is 18.1 Å². The Morgan fingerprint density at radius 1 is 1.50 bits per heavy atom. The zero-order valence-electron chi connectivity index (χ0n) is 16.5. The summed E-state index contributed by atoms with van der Waals surface area (Å²) in [6, 6.07) is 4.10. The number of unbranched alkanes of at least 4 members (excludes halogenated alkanes) is 1. The van der Waals surface area contributed by atoms with Crippen LogP contribution in [-0.2, 0) is 11.3 Å². The smallest absolute Gasteiger partial charge is 0.237 e. The highest BCUT2D eigenvalue weighted by Gasteiger charge is 2.21. The lowest BCUT2D eigenvalue weighted by molar-refractivity contribution is -0.132. The van der Waals surface area contributed by atoms with Gasteiger partial charge in [-0.15, -0.1) is 0 Å². The molecule has 1 aromatic rings. The van der Waals surface area contributed by atoms with Crippen molar-refractivity contribution in [1.82, 2.24) is 14.8 Å². The van der Waals surface area contributed by atoms with Gasteiger partial charge in [0.25, 0.3) is 0 Å². The highest BCUT2D eigenvalue weighted by atomic mass is 16.2. The van der Waals surface area contributed by atoms with Crippen molar-refractivity contribution in [3.05, 3.63) is 17.8 Å². The third-order valence-corrected chi connectivity index (χ3v) is 4.37. The number of carbonyl (C=O) groups is 1. The molecule has 144 valence electrons. The minimum Gasteiger partial charge on any atom is -0.348 e. The Morgan fingerprint density at radius 3 is 2.88 bits per heavy atom. The second-order valence-corrected chi connectivity index (χ2v) is 6.36. The van der Waals surface area contributed by atoms with Gasteiger partial charge in [0, 0.05) is 44.5 Å². The second-order valence-electron chi connectivity index (χ2n) is 6.36. The number of amides is 1. The van der Waals surface area contributed by atoms with E-state index >= 15 is 0 Å². The molecule has 0 aliphatic carbocycles. The summed E-state index contributed by atoms with van der Waals surface area (Å²) in [4.78, 5) is 23.6. The maximum atomic E-state index is 12.3. The van der Waals surface area contributed by atoms with Gasteiger partial charge in [-0.05, 0) is 26.0 Å². The van der Waals surface area contributed by atoms with Crippen molar-refractivity contribution in [3.63, 3.8) is 0 Å². The van der Waals surface area contributed by atoms with Crippen LogP contribution < -0.4 is 5.32 Å². The van der Waals surface area contributed by atoms with Gasteiger partial charge in [-0.3, -0.25) is 14.7 Å². The maximum absolute atomic E-state index is 12.3. The molecule has 0 radical (unpaired) electrons. The van der Waals surface area contributed by atoms with E-state index in [1.807, 2.05) is 17.2 Å². The van der Waals surface area contributed by atoms with Crippen LogP contribution in [0.4, 0.5) is 5.82 Å². The Morgan fingerprint density at radius 2 is 2.27 bits per heavy atom. The number of hydrogen-bond donors (Lipinski definition) is 2. The van der Waals surface area contributed by atoms with Crippen LogP contribution in [0.15, 0.2) is 17.3 Å². The first kappa shape index (κ1) is 21.7. The quantitative estimate of drug-likeness (QED) is 0.443. The van der Waals surface area contributed by atoms with E-state index in [9.17, 15) is 4.79 Å². The zero-order valence-corrected chi connectivity index (χ0v) is 16.5. The van der Waals surface area contributed by atoms with Gasteiger partial charge in [-0.25, -0.2) is 0 Å². The first-order valence-corrected chi connectivity index (χ1v) is 9.29. The lowest BCUT2D eigenvalue weighted by Crippen LogP contribution is -2.45. The van der Waals surface area contributed by atoms with Crippen LogP contribution in [0.5, 0.6) is 0 Å². The van der Waals surface area contributed by atoms with Crippen LogP contribution in [0.25, 0.3) is 0 Å². The molecule has 1 unspecified atom stereocenters. The molecule has 1 amide bonds. The van der Waals surface area contributed by atoms with Crippen LogP contribution in [0.2, 0.25) is 0 Å². The summed E-state index contributed by atoms with van der Waals surface area (Å²) in [6.45, 7) is 9.42. The Kier molecular flexibility index (Phi) is 10.1. The van der Waals surface area contributed by atoms with Crippen molar-refractivity contribution in [1.29, 1.82) is 5.26 Å². The molecule has 0 aliphatic rings. The van der Waals surface area contributed by atoms with Crippen LogP contribution in [-0.4, -0.2) is 59.8 Å². The number of nitriles is 1. The summed E-state index contributed by atoms with van der Waals surface area (Å²) in [5, 5.41) is 12.0. The Labute approximate surface area is 157 Å². The fourth-order valence-electron chi connectivity index (χ4n) is 2.90. The van der Waals surface area contributed by atoms with E-state index < -0.39 is 0 Å². The summed E-state index contributed by atoms with van der Waals surface area (Å²) in [5.41, 5.74) is 1.16. The Bertz CT molecular complexity index is 603. The third-order valence-electron chi connectivity index (χ3n) is 4.37. The second kappa shape index (κ2) is 12.1. The first-order chi connectivity index (χ1) is 12.6. The van der Waals surface area contributed by atoms with Crippen molar-refractivity contribution in [2.24, 2.45) is 4.99 Å². The first-order valence-electron chi connectivity index (χ1n) is 9.29. The molecule has 26 heavy (non-hydrogen) atoms. The SMILES string of the molecule is CCCCN(C(=O)CC#N)C(C)CN(CC)Cc1cc[nH]c1NC=NC. The number of likely N-dealkylation sites (N-methyl/N-ethyl adjacent to an activating group) is 1. The molecule has 1 aromatic heterocycles. The van der Waals surface area contributed by atoms with Gasteiger partial charge in [0.1, 0.15) is 12.2 Å². The predicted molar refractivity (Wildman–Crippen MR) is 106 cm³/mol. The predicted octanol–water partition coefficient (Wildman–Crippen LogP) is 2.84. The highest BCUT2D eigenvalue weighted by molar-refractivity contribution is 5.78. The molecule has 1 rings (SSSR count). The molecule has 0 aromatic carbocycles. The molecule has 0 bridgehead atoms. The average Bonchev–Trinajstić information content (AvgIpc) is 3.06. The van der Waals surface area contributed by atoms with Gasteiger partial charge in [0.05, 0.1) is 12.4 Å². The molecule has 2 N–H and O–H groups in total. The van der Waals surface area contributed by atoms with E-state index in [4.69, 9.17) is 5.26 Å². The van der Waals surface area contributed by atoms with E-state index in [1.54, 1.807) is 13.4 Å². The summed E-state index contributed by atoms with van der Waals surface area (Å²) in [6.07, 6.45) is 5.49. The summed E-state index contributed by atoms with van der Waals surface area (Å²) in [7, 11) is 1.72. The van der Waals surface area contributed by atoms with Gasteiger partial charge >= 0.3 is 0 Å². The van der Waals surface area contributed by atoms with E-state index in [1.165, 1.54) is 0 Å². The van der Waals surface area contributed by atoms with Crippen LogP contribution in [0.1, 0.15) is 45.6 Å². The zero-order chi connectivity index (χ0) is 19.4. The number of H-pyrrole nitrogens is 1. The van der Waals surface area contributed by atoms with E-state index in [-0.39, 0.29) is 18.4 Å². The molecule has 7 nitrogen and oxygen atoms in total. The number of aromatic amines is 1. The van der Waals surface area contributed by atoms with Gasteiger partial charge in [-0.1, -0.05) is 20.3 Å². The number of aromatic nitrogens is 1. The largest absolute Gasteiger partial charge is 0.348 e. The number of carbonyl (C=O) groups excluding carboxylic acids is 1. The number of rotatable bonds is 12. The number of aliphatic imine (C=N–C) groups is 1. The molecule has 7 heteroatoms. The minimum atomic E-state index is -0.0762. The lowest BCUT2D eigenvalue weighted by atomic mass is 10.2. The number of hydrogen-bond acceptors (Lipinski definition) is 4. The number of nitrogens with zero attached hydrogens (tertiary/aromatic N) is 4. The number of nitrogens with one attached hydrogen (secondary N) is 2. The minimum absolute atomic E-state index is 0.0532. The third kappa shape index (κ3) is 6.89. The van der Waals surface area contributed by atoms with Crippen molar-refractivity contribution in [2.75, 3.05) is 32.0 Å². The maximum Gasteiger partial charge on any atom is 0.237 e. The molecule has 0 spiro atoms. The fraction of sp³-hybridized carbons (Fsp3) is 0.632. The molecular weight excluding hydrogens is 328 g/mol. The van der Waals surface area contributed by atoms with Crippen molar-refractivity contribution in [2.45, 2.75) is 52.6 Å². The normalized spacial score (nSPS) is 12.3. The van der Waals surface area contributed by atoms with E-state index in [2.05, 4.69) is 47.0 Å². The summed E-state index contributed by atoms with van der Waals surface area (Å²) >= 11 is 0. The van der Waals surface area contributed by atoms with Gasteiger partial charge in [-0.2, -0.15) is 5.26 Å².